The van der Waals surface area contributed by atoms with E-state index >= 15 is 0 Å². The van der Waals surface area contributed by atoms with Crippen LogP contribution in [0.15, 0.2) is 22.6 Å². The van der Waals surface area contributed by atoms with Gasteiger partial charge in [-0.05, 0) is 12.1 Å². The SMILES string of the molecule is NCCc1nnc(Nc2ccc3c(c2)OCO3)o1. The highest BCUT2D eigenvalue weighted by atomic mass is 16.7. The van der Waals surface area contributed by atoms with Gasteiger partial charge in [-0.1, -0.05) is 5.10 Å². The lowest BCUT2D eigenvalue weighted by Gasteiger charge is -2.02. The average molecular weight is 248 g/mol. The van der Waals surface area contributed by atoms with E-state index in [1.807, 2.05) is 18.2 Å². The van der Waals surface area contributed by atoms with Gasteiger partial charge in [-0.15, -0.1) is 5.10 Å². The van der Waals surface area contributed by atoms with E-state index in [0.29, 0.717) is 30.6 Å². The van der Waals surface area contributed by atoms with Crippen LogP contribution in [-0.4, -0.2) is 23.5 Å². The molecule has 0 radical (unpaired) electrons. The molecule has 1 aliphatic heterocycles. The molecule has 0 atom stereocenters. The van der Waals surface area contributed by atoms with Crippen molar-refractivity contribution in [1.82, 2.24) is 10.2 Å². The standard InChI is InChI=1S/C11H12N4O3/c12-4-3-10-14-15-11(18-10)13-7-1-2-8-9(5-7)17-6-16-8/h1-2,5H,3-4,6,12H2,(H,13,15). The smallest absolute Gasteiger partial charge is 0.320 e. The molecular formula is C11H12N4O3. The Morgan fingerprint density at radius 1 is 1.22 bits per heavy atom. The Bertz CT molecular complexity index is 555. The molecule has 0 amide bonds. The molecule has 0 fully saturated rings. The number of fused-ring (bicyclic) bond motifs is 1. The van der Waals surface area contributed by atoms with E-state index in [0.717, 1.165) is 11.4 Å². The lowest BCUT2D eigenvalue weighted by atomic mass is 10.3. The molecule has 0 bridgehead atoms. The maximum atomic E-state index is 5.41. The quantitative estimate of drug-likeness (QED) is 0.834. The minimum atomic E-state index is 0.250. The number of ether oxygens (including phenoxy) is 2. The van der Waals surface area contributed by atoms with Crippen molar-refractivity contribution in [2.24, 2.45) is 5.73 Å². The van der Waals surface area contributed by atoms with Crippen LogP contribution < -0.4 is 20.5 Å². The third-order valence-electron chi connectivity index (χ3n) is 2.45. The first-order valence-electron chi connectivity index (χ1n) is 5.54. The van der Waals surface area contributed by atoms with E-state index in [4.69, 9.17) is 19.6 Å². The lowest BCUT2D eigenvalue weighted by molar-refractivity contribution is 0.174. The topological polar surface area (TPSA) is 95.4 Å². The van der Waals surface area contributed by atoms with Crippen molar-refractivity contribution in [3.8, 4) is 11.5 Å². The summed E-state index contributed by atoms with van der Waals surface area (Å²) in [5.41, 5.74) is 6.20. The number of hydrogen-bond donors (Lipinski definition) is 2. The van der Waals surface area contributed by atoms with Crippen molar-refractivity contribution in [2.45, 2.75) is 6.42 Å². The molecule has 7 heteroatoms. The minimum Gasteiger partial charge on any atom is -0.454 e. The van der Waals surface area contributed by atoms with Gasteiger partial charge in [0.1, 0.15) is 0 Å². The number of aromatic nitrogens is 2. The minimum absolute atomic E-state index is 0.250. The molecular weight excluding hydrogens is 236 g/mol. The number of benzene rings is 1. The summed E-state index contributed by atoms with van der Waals surface area (Å²) < 4.78 is 15.9. The number of rotatable bonds is 4. The summed E-state index contributed by atoms with van der Waals surface area (Å²) in [6.45, 7) is 0.728. The van der Waals surface area contributed by atoms with Crippen molar-refractivity contribution in [2.75, 3.05) is 18.7 Å². The van der Waals surface area contributed by atoms with Crippen molar-refractivity contribution in [3.05, 3.63) is 24.1 Å². The fourth-order valence-electron chi connectivity index (χ4n) is 1.63. The highest BCUT2D eigenvalue weighted by molar-refractivity contribution is 5.59. The summed E-state index contributed by atoms with van der Waals surface area (Å²) >= 11 is 0. The number of nitrogens with zero attached hydrogens (tertiary/aromatic N) is 2. The molecule has 7 nitrogen and oxygen atoms in total. The predicted molar refractivity (Wildman–Crippen MR) is 62.9 cm³/mol. The molecule has 2 aromatic rings. The summed E-state index contributed by atoms with van der Waals surface area (Å²) in [7, 11) is 0. The Morgan fingerprint density at radius 2 is 2.11 bits per heavy atom. The summed E-state index contributed by atoms with van der Waals surface area (Å²) in [6.07, 6.45) is 0.565. The van der Waals surface area contributed by atoms with Crippen LogP contribution in [0.3, 0.4) is 0 Å². The van der Waals surface area contributed by atoms with E-state index in [1.54, 1.807) is 0 Å². The maximum Gasteiger partial charge on any atom is 0.320 e. The third kappa shape index (κ3) is 2.07. The van der Waals surface area contributed by atoms with Crippen molar-refractivity contribution >= 4 is 11.7 Å². The first-order chi connectivity index (χ1) is 8.85. The van der Waals surface area contributed by atoms with Gasteiger partial charge in [0.2, 0.25) is 12.7 Å². The zero-order valence-corrected chi connectivity index (χ0v) is 9.55. The normalized spacial score (nSPS) is 12.7. The van der Waals surface area contributed by atoms with Crippen molar-refractivity contribution < 1.29 is 13.9 Å². The Labute approximate surface area is 103 Å². The second kappa shape index (κ2) is 4.53. The maximum absolute atomic E-state index is 5.41. The zero-order valence-electron chi connectivity index (χ0n) is 9.55. The predicted octanol–water partition coefficient (Wildman–Crippen LogP) is 1.04. The summed E-state index contributed by atoms with van der Waals surface area (Å²) in [6, 6.07) is 5.81. The van der Waals surface area contributed by atoms with Gasteiger partial charge in [-0.25, -0.2) is 0 Å². The molecule has 0 aliphatic carbocycles. The van der Waals surface area contributed by atoms with Gasteiger partial charge in [0.15, 0.2) is 11.5 Å². The molecule has 3 rings (SSSR count). The van der Waals surface area contributed by atoms with Crippen LogP contribution >= 0.6 is 0 Å². The van der Waals surface area contributed by atoms with E-state index in [1.165, 1.54) is 0 Å². The molecule has 3 N–H and O–H groups in total. The Balaban J connectivity index is 1.75. The Kier molecular flexibility index (Phi) is 2.73. The summed E-state index contributed by atoms with van der Waals surface area (Å²) in [4.78, 5) is 0. The highest BCUT2D eigenvalue weighted by Crippen LogP contribution is 2.34. The second-order valence-electron chi connectivity index (χ2n) is 3.73. The van der Waals surface area contributed by atoms with Crippen LogP contribution in [0.2, 0.25) is 0 Å². The van der Waals surface area contributed by atoms with Crippen LogP contribution in [0.1, 0.15) is 5.89 Å². The van der Waals surface area contributed by atoms with Crippen molar-refractivity contribution in [1.29, 1.82) is 0 Å². The van der Waals surface area contributed by atoms with Gasteiger partial charge in [0.05, 0.1) is 0 Å². The average Bonchev–Trinajstić information content (AvgIpc) is 2.98. The van der Waals surface area contributed by atoms with Gasteiger partial charge >= 0.3 is 6.01 Å². The molecule has 0 saturated carbocycles. The molecule has 0 unspecified atom stereocenters. The van der Waals surface area contributed by atoms with Crippen LogP contribution in [0.25, 0.3) is 0 Å². The fraction of sp³-hybridized carbons (Fsp3) is 0.273. The van der Waals surface area contributed by atoms with Crippen LogP contribution in [-0.2, 0) is 6.42 Å². The molecule has 1 aromatic heterocycles. The number of anilines is 2. The summed E-state index contributed by atoms with van der Waals surface area (Å²) in [5.74, 6) is 1.94. The third-order valence-corrected chi connectivity index (χ3v) is 2.45. The number of nitrogens with one attached hydrogen (secondary N) is 1. The lowest BCUT2D eigenvalue weighted by Crippen LogP contribution is -2.02. The molecule has 1 aliphatic rings. The second-order valence-corrected chi connectivity index (χ2v) is 3.73. The Morgan fingerprint density at radius 3 is 3.00 bits per heavy atom. The van der Waals surface area contributed by atoms with Crippen LogP contribution in [0, 0.1) is 0 Å². The molecule has 94 valence electrons. The number of nitrogens with two attached hydrogens (primary N) is 1. The fourth-order valence-corrected chi connectivity index (χ4v) is 1.63. The molecule has 18 heavy (non-hydrogen) atoms. The highest BCUT2D eigenvalue weighted by Gasteiger charge is 2.14. The largest absolute Gasteiger partial charge is 0.454 e. The van der Waals surface area contributed by atoms with Gasteiger partial charge in [0.25, 0.3) is 0 Å². The first-order valence-corrected chi connectivity index (χ1v) is 5.54. The van der Waals surface area contributed by atoms with Gasteiger partial charge in [-0.3, -0.25) is 0 Å². The Hall–Kier alpha value is -2.28. The van der Waals surface area contributed by atoms with Crippen LogP contribution in [0.4, 0.5) is 11.7 Å². The van der Waals surface area contributed by atoms with Crippen molar-refractivity contribution in [3.63, 3.8) is 0 Å². The monoisotopic (exact) mass is 248 g/mol. The van der Waals surface area contributed by atoms with Crippen LogP contribution in [0.5, 0.6) is 11.5 Å². The van der Waals surface area contributed by atoms with E-state index in [2.05, 4.69) is 15.5 Å². The first kappa shape index (κ1) is 10.8. The van der Waals surface area contributed by atoms with E-state index in [9.17, 15) is 0 Å². The van der Waals surface area contributed by atoms with Gasteiger partial charge in [0, 0.05) is 24.7 Å². The van der Waals surface area contributed by atoms with Gasteiger partial charge in [-0.2, -0.15) is 0 Å². The zero-order chi connectivity index (χ0) is 12.4. The number of hydrogen-bond acceptors (Lipinski definition) is 7. The summed E-state index contributed by atoms with van der Waals surface area (Å²) in [5, 5.41) is 10.7. The van der Waals surface area contributed by atoms with E-state index < -0.39 is 0 Å². The van der Waals surface area contributed by atoms with Gasteiger partial charge < -0.3 is 24.9 Å². The molecule has 1 aromatic carbocycles. The molecule has 0 saturated heterocycles. The molecule has 0 spiro atoms. The van der Waals surface area contributed by atoms with E-state index in [-0.39, 0.29) is 6.79 Å². The molecule has 2 heterocycles.